The van der Waals surface area contributed by atoms with E-state index in [1.165, 1.54) is 0 Å². The maximum atomic E-state index is 11.9. The first-order valence-electron chi connectivity index (χ1n) is 7.39. The third kappa shape index (κ3) is 5.85. The molecule has 0 unspecified atom stereocenters. The van der Waals surface area contributed by atoms with Gasteiger partial charge in [-0.15, -0.1) is 0 Å². The number of nitrogens with zero attached hydrogens (tertiary/aromatic N) is 3. The van der Waals surface area contributed by atoms with Crippen LogP contribution in [0.4, 0.5) is 17.6 Å². The van der Waals surface area contributed by atoms with Crippen molar-refractivity contribution in [2.75, 3.05) is 35.6 Å². The van der Waals surface area contributed by atoms with Gasteiger partial charge in [0, 0.05) is 25.2 Å². The highest BCUT2D eigenvalue weighted by Gasteiger charge is 2.13. The predicted molar refractivity (Wildman–Crippen MR) is 86.4 cm³/mol. The van der Waals surface area contributed by atoms with Crippen LogP contribution in [0.1, 0.15) is 34.1 Å². The predicted octanol–water partition coefficient (Wildman–Crippen LogP) is 1.23. The topological polar surface area (TPSA) is 96.2 Å². The first-order valence-corrected chi connectivity index (χ1v) is 7.39. The van der Waals surface area contributed by atoms with E-state index in [2.05, 4.69) is 27.5 Å². The molecule has 1 amide bonds. The van der Waals surface area contributed by atoms with E-state index in [4.69, 9.17) is 5.73 Å². The van der Waals surface area contributed by atoms with Crippen LogP contribution in [-0.4, -0.2) is 41.6 Å². The van der Waals surface area contributed by atoms with Crippen LogP contribution >= 0.6 is 0 Å². The zero-order valence-corrected chi connectivity index (χ0v) is 13.3. The van der Waals surface area contributed by atoms with Gasteiger partial charge < -0.3 is 21.3 Å². The third-order valence-corrected chi connectivity index (χ3v) is 2.78. The largest absolute Gasteiger partial charge is 0.370 e. The minimum atomic E-state index is -0.0351. The van der Waals surface area contributed by atoms with E-state index >= 15 is 0 Å². The highest BCUT2D eigenvalue weighted by atomic mass is 16.2. The van der Waals surface area contributed by atoms with Crippen LogP contribution in [0.5, 0.6) is 0 Å². The van der Waals surface area contributed by atoms with E-state index in [-0.39, 0.29) is 24.4 Å². The second kappa shape index (κ2) is 8.28. The van der Waals surface area contributed by atoms with Crippen LogP contribution in [-0.2, 0) is 4.79 Å². The quantitative estimate of drug-likeness (QED) is 0.667. The molecule has 7 heteroatoms. The van der Waals surface area contributed by atoms with Gasteiger partial charge in [-0.2, -0.15) is 9.97 Å². The number of hydrogen-bond donors (Lipinski definition) is 3. The zero-order valence-electron chi connectivity index (χ0n) is 13.3. The van der Waals surface area contributed by atoms with Gasteiger partial charge in [0.25, 0.3) is 0 Å². The van der Waals surface area contributed by atoms with Gasteiger partial charge in [-0.25, -0.2) is 0 Å². The van der Waals surface area contributed by atoms with Crippen LogP contribution < -0.4 is 21.3 Å². The normalized spacial score (nSPS) is 10.5. The summed E-state index contributed by atoms with van der Waals surface area (Å²) in [5.74, 6) is 1.51. The molecule has 0 aliphatic carbocycles. The van der Waals surface area contributed by atoms with Crippen molar-refractivity contribution in [2.24, 2.45) is 0 Å². The average molecular weight is 294 g/mol. The van der Waals surface area contributed by atoms with Crippen LogP contribution in [0.25, 0.3) is 0 Å². The molecule has 21 heavy (non-hydrogen) atoms. The number of nitrogen functional groups attached to an aromatic ring is 1. The van der Waals surface area contributed by atoms with Crippen LogP contribution in [0.2, 0.25) is 0 Å². The minimum Gasteiger partial charge on any atom is -0.370 e. The second-order valence-corrected chi connectivity index (χ2v) is 5.13. The monoisotopic (exact) mass is 294 g/mol. The highest BCUT2D eigenvalue weighted by Crippen LogP contribution is 2.16. The van der Waals surface area contributed by atoms with Crippen molar-refractivity contribution in [3.63, 3.8) is 0 Å². The molecular weight excluding hydrogens is 268 g/mol. The molecule has 0 aromatic carbocycles. The lowest BCUT2D eigenvalue weighted by molar-refractivity contribution is -0.120. The number of likely N-dealkylation sites (N-methyl/N-ethyl adjacent to an activating group) is 1. The van der Waals surface area contributed by atoms with E-state index in [1.807, 2.05) is 31.7 Å². The fraction of sp³-hybridized carbons (Fsp3) is 0.643. The number of aromatic nitrogens is 2. The fourth-order valence-corrected chi connectivity index (χ4v) is 1.85. The standard InChI is InChI=1S/C14H26N6O/c1-5-7-16-11-8-12(19-14(15)18-11)20(6-2)9-13(21)17-10(3)4/h8,10H,5-7,9H2,1-4H3,(H,17,21)(H3,15,16,18,19). The molecule has 1 rings (SSSR count). The van der Waals surface area contributed by atoms with Crippen molar-refractivity contribution in [1.29, 1.82) is 0 Å². The summed E-state index contributed by atoms with van der Waals surface area (Å²) in [6.45, 7) is 9.64. The molecule has 0 fully saturated rings. The second-order valence-electron chi connectivity index (χ2n) is 5.13. The van der Waals surface area contributed by atoms with Crippen molar-refractivity contribution < 1.29 is 4.79 Å². The average Bonchev–Trinajstić information content (AvgIpc) is 2.41. The van der Waals surface area contributed by atoms with E-state index < -0.39 is 0 Å². The maximum absolute atomic E-state index is 11.9. The van der Waals surface area contributed by atoms with Gasteiger partial charge in [0.05, 0.1) is 6.54 Å². The maximum Gasteiger partial charge on any atom is 0.239 e. The smallest absolute Gasteiger partial charge is 0.239 e. The van der Waals surface area contributed by atoms with Gasteiger partial charge in [0.15, 0.2) is 0 Å². The number of carbonyl (C=O) groups excluding carboxylic acids is 1. The minimum absolute atomic E-state index is 0.0351. The highest BCUT2D eigenvalue weighted by molar-refractivity contribution is 5.81. The molecule has 4 N–H and O–H groups in total. The molecular formula is C14H26N6O. The summed E-state index contributed by atoms with van der Waals surface area (Å²) in [5, 5.41) is 6.05. The molecule has 0 aliphatic heterocycles. The molecule has 0 bridgehead atoms. The first kappa shape index (κ1) is 17.0. The number of rotatable bonds is 8. The molecule has 0 aliphatic rings. The molecule has 118 valence electrons. The van der Waals surface area contributed by atoms with E-state index in [9.17, 15) is 4.79 Å². The van der Waals surface area contributed by atoms with Gasteiger partial charge in [0.2, 0.25) is 11.9 Å². The Morgan fingerprint density at radius 2 is 2.10 bits per heavy atom. The lowest BCUT2D eigenvalue weighted by atomic mass is 10.3. The molecule has 0 saturated heterocycles. The number of amides is 1. The Bertz CT molecular complexity index is 463. The molecule has 1 aromatic rings. The summed E-state index contributed by atoms with van der Waals surface area (Å²) in [6, 6.07) is 1.94. The molecule has 0 radical (unpaired) electrons. The number of carbonyl (C=O) groups is 1. The summed E-state index contributed by atoms with van der Waals surface area (Å²) in [6.07, 6.45) is 0.994. The molecule has 0 atom stereocenters. The number of hydrogen-bond acceptors (Lipinski definition) is 6. The summed E-state index contributed by atoms with van der Waals surface area (Å²) >= 11 is 0. The number of nitrogens with one attached hydrogen (secondary N) is 2. The summed E-state index contributed by atoms with van der Waals surface area (Å²) in [7, 11) is 0. The van der Waals surface area contributed by atoms with E-state index in [0.29, 0.717) is 18.2 Å². The Labute approximate surface area is 126 Å². The lowest BCUT2D eigenvalue weighted by Gasteiger charge is -2.22. The number of anilines is 3. The molecule has 7 nitrogen and oxygen atoms in total. The van der Waals surface area contributed by atoms with Crippen molar-refractivity contribution in [1.82, 2.24) is 15.3 Å². The molecule has 1 aromatic heterocycles. The van der Waals surface area contributed by atoms with Gasteiger partial charge in [-0.05, 0) is 27.2 Å². The Balaban J connectivity index is 2.84. The Hall–Kier alpha value is -2.05. The third-order valence-electron chi connectivity index (χ3n) is 2.78. The molecule has 0 saturated carbocycles. The van der Waals surface area contributed by atoms with Gasteiger partial charge in [0.1, 0.15) is 11.6 Å². The first-order chi connectivity index (χ1) is 9.96. The molecule has 1 heterocycles. The van der Waals surface area contributed by atoms with Gasteiger partial charge in [-0.3, -0.25) is 4.79 Å². The fourth-order valence-electron chi connectivity index (χ4n) is 1.85. The zero-order chi connectivity index (χ0) is 15.8. The number of nitrogens with two attached hydrogens (primary N) is 1. The lowest BCUT2D eigenvalue weighted by Crippen LogP contribution is -2.40. The van der Waals surface area contributed by atoms with Crippen LogP contribution in [0, 0.1) is 0 Å². The summed E-state index contributed by atoms with van der Waals surface area (Å²) < 4.78 is 0. The van der Waals surface area contributed by atoms with Gasteiger partial charge >= 0.3 is 0 Å². The van der Waals surface area contributed by atoms with Crippen LogP contribution in [0.15, 0.2) is 6.07 Å². The Morgan fingerprint density at radius 3 is 2.67 bits per heavy atom. The van der Waals surface area contributed by atoms with Crippen LogP contribution in [0.3, 0.4) is 0 Å². The SMILES string of the molecule is CCCNc1cc(N(CC)CC(=O)NC(C)C)nc(N)n1. The van der Waals surface area contributed by atoms with Crippen molar-refractivity contribution >= 4 is 23.5 Å². The van der Waals surface area contributed by atoms with E-state index in [0.717, 1.165) is 13.0 Å². The van der Waals surface area contributed by atoms with Crippen molar-refractivity contribution in [2.45, 2.75) is 40.2 Å². The summed E-state index contributed by atoms with van der Waals surface area (Å²) in [4.78, 5) is 22.1. The summed E-state index contributed by atoms with van der Waals surface area (Å²) in [5.41, 5.74) is 5.75. The Morgan fingerprint density at radius 1 is 1.38 bits per heavy atom. The Kier molecular flexibility index (Phi) is 6.71. The van der Waals surface area contributed by atoms with Gasteiger partial charge in [-0.1, -0.05) is 6.92 Å². The van der Waals surface area contributed by atoms with Crippen molar-refractivity contribution in [3.8, 4) is 0 Å². The molecule has 0 spiro atoms. The van der Waals surface area contributed by atoms with E-state index in [1.54, 1.807) is 0 Å². The van der Waals surface area contributed by atoms with Crippen molar-refractivity contribution in [3.05, 3.63) is 6.07 Å².